The predicted octanol–water partition coefficient (Wildman–Crippen LogP) is 8.46. The molecule has 3 heterocycles. The summed E-state index contributed by atoms with van der Waals surface area (Å²) in [6, 6.07) is 26.5. The molecule has 0 aliphatic heterocycles. The normalized spacial score (nSPS) is 10.4. The third-order valence-corrected chi connectivity index (χ3v) is 5.80. The molecule has 6 rings (SSSR count). The molecule has 0 spiro atoms. The van der Waals surface area contributed by atoms with Gasteiger partial charge >= 0.3 is 20.1 Å². The summed E-state index contributed by atoms with van der Waals surface area (Å²) in [6.07, 6.45) is 3.03. The first-order valence-electron chi connectivity index (χ1n) is 12.3. The summed E-state index contributed by atoms with van der Waals surface area (Å²) in [5.74, 6) is -4.58. The van der Waals surface area contributed by atoms with E-state index in [1.165, 1.54) is 24.4 Å². The van der Waals surface area contributed by atoms with Gasteiger partial charge in [0.25, 0.3) is 0 Å². The van der Waals surface area contributed by atoms with Crippen LogP contribution in [0, 0.1) is 53.1 Å². The molecule has 0 amide bonds. The van der Waals surface area contributed by atoms with Crippen molar-refractivity contribution in [2.45, 2.75) is 0 Å². The van der Waals surface area contributed by atoms with Gasteiger partial charge < -0.3 is 9.97 Å². The average Bonchev–Trinajstić information content (AvgIpc) is 2.98. The second-order valence-corrected chi connectivity index (χ2v) is 8.63. The van der Waals surface area contributed by atoms with Crippen LogP contribution in [0.25, 0.3) is 45.0 Å². The Kier molecular flexibility index (Phi) is 10.2. The molecule has 43 heavy (non-hydrogen) atoms. The Morgan fingerprint density at radius 1 is 0.465 bits per heavy atom. The van der Waals surface area contributed by atoms with Gasteiger partial charge in [-0.25, -0.2) is 0 Å². The van der Waals surface area contributed by atoms with Crippen molar-refractivity contribution >= 4 is 0 Å². The molecule has 0 aliphatic carbocycles. The Labute approximate surface area is 256 Å². The van der Waals surface area contributed by atoms with E-state index in [4.69, 9.17) is 0 Å². The van der Waals surface area contributed by atoms with Gasteiger partial charge in [0, 0.05) is 41.4 Å². The molecule has 0 fully saturated rings. The van der Waals surface area contributed by atoms with Crippen LogP contribution < -0.4 is 0 Å². The number of benzene rings is 3. The molecular weight excluding hydrogens is 745 g/mol. The molecule has 0 saturated carbocycles. The van der Waals surface area contributed by atoms with Gasteiger partial charge in [0.1, 0.15) is 0 Å². The van der Waals surface area contributed by atoms with Gasteiger partial charge in [-0.15, -0.1) is 30.3 Å². The van der Waals surface area contributed by atoms with Gasteiger partial charge in [0.15, 0.2) is 0 Å². The Morgan fingerprint density at radius 3 is 1.37 bits per heavy atom. The third-order valence-electron chi connectivity index (χ3n) is 5.80. The van der Waals surface area contributed by atoms with E-state index in [9.17, 15) is 26.3 Å². The molecule has 6 aromatic rings. The SMILES string of the molecule is Fc1c[c-]c(-c2cccc(-c3[c-]c(-c4ccccn4)c(F)cc3F)n2)c(F)c1.Fc1c[c-]c(-c2ccccn2)c(F)c1.[Ir+3]. The Hall–Kier alpha value is -4.66. The Bertz CT molecular complexity index is 1850. The fraction of sp³-hybridized carbons (Fsp3) is 0. The van der Waals surface area contributed by atoms with E-state index in [0.717, 1.165) is 24.3 Å². The molecule has 3 aromatic heterocycles. The van der Waals surface area contributed by atoms with E-state index >= 15 is 0 Å². The minimum absolute atomic E-state index is 0. The van der Waals surface area contributed by atoms with Gasteiger partial charge in [-0.1, -0.05) is 82.9 Å². The molecule has 3 nitrogen and oxygen atoms in total. The van der Waals surface area contributed by atoms with Crippen molar-refractivity contribution in [1.82, 2.24) is 15.0 Å². The smallest absolute Gasteiger partial charge is 0.335 e. The molecular formula is C33H16F6IrN3. The van der Waals surface area contributed by atoms with Crippen LogP contribution in [0.1, 0.15) is 0 Å². The van der Waals surface area contributed by atoms with E-state index in [2.05, 4.69) is 33.2 Å². The second-order valence-electron chi connectivity index (χ2n) is 8.63. The summed E-state index contributed by atoms with van der Waals surface area (Å²) < 4.78 is 81.6. The number of halogens is 6. The standard InChI is InChI=1S/C22H10F4N2.C11H6F2N.Ir/c23-13-7-8-14(17(24)10-13)21-5-3-6-22(28-21)16-11-15(18(25)12-19(16)26)20-4-1-2-9-27-20;12-8-4-5-9(10(13)7-8)11-3-1-2-6-14-11;/h1-7,9-10,12H;1-4,6-7H;/q-2;-1;+3. The average molecular weight is 761 g/mol. The largest absolute Gasteiger partial charge is 3.00 e. The van der Waals surface area contributed by atoms with Crippen LogP contribution in [0.2, 0.25) is 0 Å². The summed E-state index contributed by atoms with van der Waals surface area (Å²) in [6.45, 7) is 0. The fourth-order valence-corrected chi connectivity index (χ4v) is 3.89. The Balaban J connectivity index is 0.000000238. The molecule has 3 aromatic carbocycles. The summed E-state index contributed by atoms with van der Waals surface area (Å²) in [5.41, 5.74) is 1.01. The molecule has 0 N–H and O–H groups in total. The van der Waals surface area contributed by atoms with E-state index in [1.54, 1.807) is 42.6 Å². The van der Waals surface area contributed by atoms with Crippen LogP contribution in [0.4, 0.5) is 26.3 Å². The second kappa shape index (κ2) is 14.0. The number of rotatable bonds is 4. The first kappa shape index (κ1) is 31.3. The molecule has 0 bridgehead atoms. The quantitative estimate of drug-likeness (QED) is 0.134. The van der Waals surface area contributed by atoms with Crippen molar-refractivity contribution in [2.75, 3.05) is 0 Å². The van der Waals surface area contributed by atoms with Crippen molar-refractivity contribution in [1.29, 1.82) is 0 Å². The van der Waals surface area contributed by atoms with Crippen molar-refractivity contribution < 1.29 is 46.4 Å². The van der Waals surface area contributed by atoms with Crippen molar-refractivity contribution in [3.05, 3.63) is 150 Å². The third kappa shape index (κ3) is 7.41. The van der Waals surface area contributed by atoms with Gasteiger partial charge in [-0.2, -0.15) is 0 Å². The van der Waals surface area contributed by atoms with Crippen LogP contribution >= 0.6 is 0 Å². The Morgan fingerprint density at radius 2 is 0.884 bits per heavy atom. The van der Waals surface area contributed by atoms with Crippen LogP contribution in [0.5, 0.6) is 0 Å². The summed E-state index contributed by atoms with van der Waals surface area (Å²) >= 11 is 0. The predicted molar refractivity (Wildman–Crippen MR) is 144 cm³/mol. The van der Waals surface area contributed by atoms with Gasteiger partial charge in [-0.05, 0) is 29.2 Å². The van der Waals surface area contributed by atoms with Crippen LogP contribution in [-0.4, -0.2) is 15.0 Å². The number of nitrogens with zero attached hydrogens (tertiary/aromatic N) is 3. The van der Waals surface area contributed by atoms with E-state index in [0.29, 0.717) is 11.8 Å². The monoisotopic (exact) mass is 761 g/mol. The first-order chi connectivity index (χ1) is 20.3. The maximum atomic E-state index is 14.4. The first-order valence-corrected chi connectivity index (χ1v) is 12.3. The molecule has 0 aliphatic rings. The van der Waals surface area contributed by atoms with Crippen molar-refractivity contribution in [2.24, 2.45) is 0 Å². The van der Waals surface area contributed by atoms with Gasteiger partial charge in [-0.3, -0.25) is 31.3 Å². The maximum absolute atomic E-state index is 14.4. The zero-order chi connectivity index (χ0) is 29.6. The van der Waals surface area contributed by atoms with Crippen LogP contribution in [0.3, 0.4) is 0 Å². The number of hydrogen-bond acceptors (Lipinski definition) is 3. The van der Waals surface area contributed by atoms with Crippen LogP contribution in [-0.2, 0) is 20.1 Å². The zero-order valence-electron chi connectivity index (χ0n) is 21.7. The topological polar surface area (TPSA) is 38.7 Å². The molecule has 214 valence electrons. The minimum atomic E-state index is -0.870. The number of pyridine rings is 3. The minimum Gasteiger partial charge on any atom is -0.335 e. The molecule has 10 heteroatoms. The van der Waals surface area contributed by atoms with Crippen molar-refractivity contribution in [3.63, 3.8) is 0 Å². The molecule has 0 saturated heterocycles. The van der Waals surface area contributed by atoms with E-state index in [-0.39, 0.29) is 59.4 Å². The number of aromatic nitrogens is 3. The maximum Gasteiger partial charge on any atom is 3.00 e. The summed E-state index contributed by atoms with van der Waals surface area (Å²) in [5, 5.41) is 0. The fourth-order valence-electron chi connectivity index (χ4n) is 3.89. The van der Waals surface area contributed by atoms with Crippen LogP contribution in [0.15, 0.2) is 97.3 Å². The number of hydrogen-bond donors (Lipinski definition) is 0. The van der Waals surface area contributed by atoms with Gasteiger partial charge in [0.05, 0.1) is 11.6 Å². The summed E-state index contributed by atoms with van der Waals surface area (Å²) in [4.78, 5) is 12.2. The zero-order valence-corrected chi connectivity index (χ0v) is 24.1. The van der Waals surface area contributed by atoms with Gasteiger partial charge in [0.2, 0.25) is 0 Å². The molecule has 0 radical (unpaired) electrons. The molecule has 0 unspecified atom stereocenters. The van der Waals surface area contributed by atoms with E-state index < -0.39 is 34.9 Å². The van der Waals surface area contributed by atoms with E-state index in [1.807, 2.05) is 0 Å². The van der Waals surface area contributed by atoms with Crippen molar-refractivity contribution in [3.8, 4) is 45.0 Å². The molecule has 0 atom stereocenters. The summed E-state index contributed by atoms with van der Waals surface area (Å²) in [7, 11) is 0.